The fraction of sp³-hybridized carbons (Fsp3) is 0.182. The number of nitrogens with zero attached hydrogens (tertiary/aromatic N) is 1. The molecule has 0 amide bonds. The topological polar surface area (TPSA) is 34.8 Å². The minimum Gasteiger partial charge on any atom is -0.307 e. The molecule has 1 N–H and O–H groups in total. The molecule has 1 fully saturated rings. The molecule has 1 aliphatic heterocycles. The van der Waals surface area contributed by atoms with Crippen molar-refractivity contribution in [3.05, 3.63) is 42.1 Å². The number of aromatic nitrogens is 1. The number of para-hydroxylation sites is 1. The Morgan fingerprint density at radius 2 is 2.15 bits per heavy atom. The summed E-state index contributed by atoms with van der Waals surface area (Å²) in [6, 6.07) is 11.0. The van der Waals surface area contributed by atoms with Gasteiger partial charge in [-0.2, -0.15) is 0 Å². The third-order valence-corrected chi connectivity index (χ3v) is 2.42. The lowest BCUT2D eigenvalue weighted by molar-refractivity contribution is 1.06. The maximum absolute atomic E-state index is 4.40. The highest BCUT2D eigenvalue weighted by Gasteiger charge is 2.22. The first-order valence-corrected chi connectivity index (χ1v) is 4.51. The number of rotatable bonds is 1. The second kappa shape index (κ2) is 2.54. The lowest BCUT2D eigenvalue weighted by Crippen LogP contribution is -1.86. The van der Waals surface area contributed by atoms with Crippen molar-refractivity contribution >= 4 is 10.9 Å². The molecule has 1 aromatic heterocycles. The quantitative estimate of drug-likeness (QED) is 0.663. The van der Waals surface area contributed by atoms with Crippen LogP contribution in [0.5, 0.6) is 0 Å². The van der Waals surface area contributed by atoms with Crippen LogP contribution in [-0.4, -0.2) is 11.5 Å². The van der Waals surface area contributed by atoms with Crippen molar-refractivity contribution in [1.29, 1.82) is 0 Å². The zero-order valence-electron chi connectivity index (χ0n) is 7.20. The van der Waals surface area contributed by atoms with E-state index in [0.717, 1.165) is 12.1 Å². The van der Waals surface area contributed by atoms with Gasteiger partial charge in [0.15, 0.2) is 0 Å². The smallest absolute Gasteiger partial charge is 0.0702 e. The Labute approximate surface area is 76.6 Å². The van der Waals surface area contributed by atoms with Gasteiger partial charge >= 0.3 is 0 Å². The summed E-state index contributed by atoms with van der Waals surface area (Å²) in [4.78, 5) is 4.40. The molecule has 64 valence electrons. The van der Waals surface area contributed by atoms with Gasteiger partial charge in [-0.25, -0.2) is 0 Å². The summed E-state index contributed by atoms with van der Waals surface area (Å²) >= 11 is 0. The van der Waals surface area contributed by atoms with Gasteiger partial charge in [-0.05, 0) is 17.7 Å². The van der Waals surface area contributed by atoms with E-state index >= 15 is 0 Å². The Kier molecular flexibility index (Phi) is 1.37. The van der Waals surface area contributed by atoms with E-state index in [1.807, 2.05) is 24.4 Å². The van der Waals surface area contributed by atoms with Crippen LogP contribution < -0.4 is 5.32 Å². The van der Waals surface area contributed by atoms with Crippen LogP contribution in [0.4, 0.5) is 0 Å². The normalized spacial score (nSPS) is 20.5. The van der Waals surface area contributed by atoms with Crippen LogP contribution in [0.15, 0.2) is 36.5 Å². The molecule has 2 heteroatoms. The van der Waals surface area contributed by atoms with Gasteiger partial charge in [-0.3, -0.25) is 4.98 Å². The largest absolute Gasteiger partial charge is 0.307 e. The molecule has 2 aromatic rings. The Hall–Kier alpha value is -1.41. The highest BCUT2D eigenvalue weighted by Crippen LogP contribution is 2.23. The van der Waals surface area contributed by atoms with Crippen LogP contribution in [0.2, 0.25) is 0 Å². The van der Waals surface area contributed by atoms with E-state index in [4.69, 9.17) is 0 Å². The molecule has 0 spiro atoms. The second-order valence-corrected chi connectivity index (χ2v) is 3.42. The monoisotopic (exact) mass is 170 g/mol. The van der Waals surface area contributed by atoms with Gasteiger partial charge in [0.05, 0.1) is 5.52 Å². The van der Waals surface area contributed by atoms with E-state index < -0.39 is 0 Å². The maximum atomic E-state index is 4.40. The van der Waals surface area contributed by atoms with Crippen molar-refractivity contribution in [2.45, 2.75) is 6.04 Å². The summed E-state index contributed by atoms with van der Waals surface area (Å²) in [5, 5.41) is 4.51. The second-order valence-electron chi connectivity index (χ2n) is 3.42. The summed E-state index contributed by atoms with van der Waals surface area (Å²) in [5.41, 5.74) is 2.38. The number of nitrogens with one attached hydrogen (secondary N) is 1. The van der Waals surface area contributed by atoms with Crippen LogP contribution in [0.3, 0.4) is 0 Å². The predicted octanol–water partition coefficient (Wildman–Crippen LogP) is 1.88. The molecule has 1 atom stereocenters. The van der Waals surface area contributed by atoms with Crippen LogP contribution in [0, 0.1) is 0 Å². The van der Waals surface area contributed by atoms with Gasteiger partial charge in [0.25, 0.3) is 0 Å². The molecule has 0 radical (unpaired) electrons. The summed E-state index contributed by atoms with van der Waals surface area (Å²) in [7, 11) is 0. The van der Waals surface area contributed by atoms with Gasteiger partial charge in [-0.1, -0.05) is 18.2 Å². The summed E-state index contributed by atoms with van der Waals surface area (Å²) in [6.45, 7) is 1.10. The van der Waals surface area contributed by atoms with E-state index in [1.165, 1.54) is 10.9 Å². The SMILES string of the molecule is c1ccc2ncc([C@H]3CN3)cc2c1. The molecule has 1 saturated heterocycles. The van der Waals surface area contributed by atoms with Crippen molar-refractivity contribution < 1.29 is 0 Å². The van der Waals surface area contributed by atoms with E-state index in [9.17, 15) is 0 Å². The Balaban J connectivity index is 2.21. The van der Waals surface area contributed by atoms with Gasteiger partial charge in [0.1, 0.15) is 0 Å². The fourth-order valence-corrected chi connectivity index (χ4v) is 1.57. The van der Waals surface area contributed by atoms with E-state index in [-0.39, 0.29) is 0 Å². The maximum Gasteiger partial charge on any atom is 0.0702 e. The van der Waals surface area contributed by atoms with E-state index in [1.54, 1.807) is 0 Å². The zero-order chi connectivity index (χ0) is 8.67. The first-order valence-electron chi connectivity index (χ1n) is 4.51. The number of hydrogen-bond donors (Lipinski definition) is 1. The van der Waals surface area contributed by atoms with Crippen molar-refractivity contribution in [1.82, 2.24) is 10.3 Å². The standard InChI is InChI=1S/C11H10N2/c1-2-4-10-8(3-1)5-9(6-12-10)11-7-13-11/h1-6,11,13H,7H2/t11-/m1/s1. The molecule has 0 saturated carbocycles. The summed E-state index contributed by atoms with van der Waals surface area (Å²) in [6.07, 6.45) is 1.97. The Morgan fingerprint density at radius 1 is 1.31 bits per heavy atom. The molecular formula is C11H10N2. The van der Waals surface area contributed by atoms with Crippen molar-refractivity contribution in [3.8, 4) is 0 Å². The van der Waals surface area contributed by atoms with E-state index in [2.05, 4.69) is 22.4 Å². The molecular weight excluding hydrogens is 160 g/mol. The molecule has 0 unspecified atom stereocenters. The van der Waals surface area contributed by atoms with Crippen LogP contribution >= 0.6 is 0 Å². The zero-order valence-corrected chi connectivity index (χ0v) is 7.20. The molecule has 0 aliphatic carbocycles. The number of benzene rings is 1. The Morgan fingerprint density at radius 3 is 3.00 bits per heavy atom. The van der Waals surface area contributed by atoms with E-state index in [0.29, 0.717) is 6.04 Å². The first kappa shape index (κ1) is 7.04. The third-order valence-electron chi connectivity index (χ3n) is 2.42. The van der Waals surface area contributed by atoms with Crippen molar-refractivity contribution in [3.63, 3.8) is 0 Å². The average molecular weight is 170 g/mol. The molecule has 3 rings (SSSR count). The van der Waals surface area contributed by atoms with Gasteiger partial charge in [-0.15, -0.1) is 0 Å². The minimum atomic E-state index is 0.553. The molecule has 13 heavy (non-hydrogen) atoms. The van der Waals surface area contributed by atoms with Crippen molar-refractivity contribution in [2.24, 2.45) is 0 Å². The molecule has 2 nitrogen and oxygen atoms in total. The van der Waals surface area contributed by atoms with Crippen LogP contribution in [-0.2, 0) is 0 Å². The first-order chi connectivity index (χ1) is 6.43. The highest BCUT2D eigenvalue weighted by molar-refractivity contribution is 5.78. The minimum absolute atomic E-state index is 0.553. The Bertz CT molecular complexity index is 447. The third kappa shape index (κ3) is 1.19. The number of pyridine rings is 1. The molecule has 0 bridgehead atoms. The summed E-state index contributed by atoms with van der Waals surface area (Å²) < 4.78 is 0. The van der Waals surface area contributed by atoms with Gasteiger partial charge in [0.2, 0.25) is 0 Å². The van der Waals surface area contributed by atoms with Gasteiger partial charge < -0.3 is 5.32 Å². The fourth-order valence-electron chi connectivity index (χ4n) is 1.57. The van der Waals surface area contributed by atoms with Gasteiger partial charge in [0, 0.05) is 24.2 Å². The number of hydrogen-bond acceptors (Lipinski definition) is 2. The van der Waals surface area contributed by atoms with Crippen LogP contribution in [0.1, 0.15) is 11.6 Å². The van der Waals surface area contributed by atoms with Crippen molar-refractivity contribution in [2.75, 3.05) is 6.54 Å². The lowest BCUT2D eigenvalue weighted by atomic mass is 10.1. The molecule has 1 aromatic carbocycles. The predicted molar refractivity (Wildman–Crippen MR) is 52.5 cm³/mol. The lowest BCUT2D eigenvalue weighted by Gasteiger charge is -1.99. The average Bonchev–Trinajstić information content (AvgIpc) is 3.00. The van der Waals surface area contributed by atoms with Crippen LogP contribution in [0.25, 0.3) is 10.9 Å². The molecule has 1 aliphatic rings. The molecule has 2 heterocycles. The highest BCUT2D eigenvalue weighted by atomic mass is 15.1. The summed E-state index contributed by atoms with van der Waals surface area (Å²) in [5.74, 6) is 0. The number of fused-ring (bicyclic) bond motifs is 1.